The van der Waals surface area contributed by atoms with Crippen molar-refractivity contribution in [2.24, 2.45) is 0 Å². The van der Waals surface area contributed by atoms with E-state index >= 15 is 0 Å². The number of benzene rings is 1. The molecular formula is C13H15BrN2O. The molecule has 0 aliphatic heterocycles. The van der Waals surface area contributed by atoms with Crippen LogP contribution in [-0.4, -0.2) is 12.1 Å². The molecular weight excluding hydrogens is 280 g/mol. The van der Waals surface area contributed by atoms with Gasteiger partial charge in [-0.15, -0.1) is 0 Å². The third kappa shape index (κ3) is 2.82. The van der Waals surface area contributed by atoms with Gasteiger partial charge in [0.1, 0.15) is 5.75 Å². The van der Waals surface area contributed by atoms with E-state index in [-0.39, 0.29) is 0 Å². The fourth-order valence-corrected chi connectivity index (χ4v) is 2.31. The largest absolute Gasteiger partial charge is 0.495 e. The fraction of sp³-hybridized carbons (Fsp3) is 0.231. The smallest absolute Gasteiger partial charge is 0.143 e. The van der Waals surface area contributed by atoms with E-state index in [1.54, 1.807) is 7.11 Å². The Morgan fingerprint density at radius 3 is 2.88 bits per heavy atom. The molecule has 90 valence electrons. The Bertz CT molecular complexity index is 494. The van der Waals surface area contributed by atoms with E-state index in [2.05, 4.69) is 39.2 Å². The second-order valence-corrected chi connectivity index (χ2v) is 4.79. The van der Waals surface area contributed by atoms with Crippen molar-refractivity contribution in [3.8, 4) is 5.75 Å². The van der Waals surface area contributed by atoms with Crippen LogP contribution >= 0.6 is 15.9 Å². The van der Waals surface area contributed by atoms with E-state index in [1.807, 2.05) is 24.5 Å². The lowest BCUT2D eigenvalue weighted by atomic mass is 10.1. The summed E-state index contributed by atoms with van der Waals surface area (Å²) in [7, 11) is 1.68. The standard InChI is InChI=1S/C13H15BrN2O/c1-9-5-11(14)6-12(17-2)13(9)16-8-10-3-4-15-7-10/h3-7,15-16H,8H2,1-2H3. The number of hydrogen-bond donors (Lipinski definition) is 2. The molecule has 0 radical (unpaired) electrons. The van der Waals surface area contributed by atoms with Crippen molar-refractivity contribution in [3.05, 3.63) is 46.2 Å². The Kier molecular flexibility index (Phi) is 3.74. The molecule has 1 heterocycles. The number of aromatic nitrogens is 1. The molecule has 0 saturated carbocycles. The number of methoxy groups -OCH3 is 1. The quantitative estimate of drug-likeness (QED) is 0.902. The molecule has 2 aromatic rings. The highest BCUT2D eigenvalue weighted by Gasteiger charge is 2.07. The number of hydrogen-bond acceptors (Lipinski definition) is 2. The molecule has 1 aromatic heterocycles. The number of nitrogens with one attached hydrogen (secondary N) is 2. The number of anilines is 1. The summed E-state index contributed by atoms with van der Waals surface area (Å²) in [6, 6.07) is 6.09. The third-order valence-electron chi connectivity index (χ3n) is 2.62. The van der Waals surface area contributed by atoms with Gasteiger partial charge < -0.3 is 15.0 Å². The third-order valence-corrected chi connectivity index (χ3v) is 3.07. The van der Waals surface area contributed by atoms with Crippen molar-refractivity contribution in [3.63, 3.8) is 0 Å². The van der Waals surface area contributed by atoms with Crippen LogP contribution in [-0.2, 0) is 6.54 Å². The minimum atomic E-state index is 0.780. The molecule has 0 bridgehead atoms. The maximum atomic E-state index is 5.38. The molecule has 3 nitrogen and oxygen atoms in total. The Balaban J connectivity index is 2.19. The number of halogens is 1. The molecule has 0 atom stereocenters. The Hall–Kier alpha value is -1.42. The summed E-state index contributed by atoms with van der Waals surface area (Å²) < 4.78 is 6.40. The van der Waals surface area contributed by atoms with Gasteiger partial charge in [-0.25, -0.2) is 0 Å². The van der Waals surface area contributed by atoms with Crippen molar-refractivity contribution in [2.75, 3.05) is 12.4 Å². The lowest BCUT2D eigenvalue weighted by Gasteiger charge is -2.14. The van der Waals surface area contributed by atoms with Gasteiger partial charge in [-0.2, -0.15) is 0 Å². The number of H-pyrrole nitrogens is 1. The first-order valence-corrected chi connectivity index (χ1v) is 6.19. The number of aryl methyl sites for hydroxylation is 1. The molecule has 1 aromatic carbocycles. The highest BCUT2D eigenvalue weighted by Crippen LogP contribution is 2.32. The van der Waals surface area contributed by atoms with E-state index in [4.69, 9.17) is 4.74 Å². The molecule has 0 aliphatic rings. The molecule has 0 fully saturated rings. The second kappa shape index (κ2) is 5.27. The normalized spacial score (nSPS) is 10.3. The average Bonchev–Trinajstić information content (AvgIpc) is 2.79. The first kappa shape index (κ1) is 12.0. The van der Waals surface area contributed by atoms with E-state index in [0.717, 1.165) is 28.0 Å². The zero-order valence-corrected chi connectivity index (χ0v) is 11.5. The topological polar surface area (TPSA) is 37.0 Å². The minimum absolute atomic E-state index is 0.780. The van der Waals surface area contributed by atoms with Crippen LogP contribution in [0.3, 0.4) is 0 Å². The van der Waals surface area contributed by atoms with Gasteiger partial charge in [-0.1, -0.05) is 15.9 Å². The van der Waals surface area contributed by atoms with E-state index in [0.29, 0.717) is 0 Å². The van der Waals surface area contributed by atoms with Crippen LogP contribution in [0, 0.1) is 6.92 Å². The molecule has 4 heteroatoms. The van der Waals surface area contributed by atoms with Crippen LogP contribution in [0.4, 0.5) is 5.69 Å². The van der Waals surface area contributed by atoms with Crippen LogP contribution in [0.2, 0.25) is 0 Å². The van der Waals surface area contributed by atoms with Gasteiger partial charge in [-0.05, 0) is 36.2 Å². The summed E-state index contributed by atoms with van der Waals surface area (Å²) in [6.07, 6.45) is 3.90. The molecule has 0 saturated heterocycles. The lowest BCUT2D eigenvalue weighted by molar-refractivity contribution is 0.416. The van der Waals surface area contributed by atoms with Crippen molar-refractivity contribution < 1.29 is 4.74 Å². The van der Waals surface area contributed by atoms with Gasteiger partial charge in [0.25, 0.3) is 0 Å². The van der Waals surface area contributed by atoms with Crippen molar-refractivity contribution in [1.82, 2.24) is 4.98 Å². The molecule has 17 heavy (non-hydrogen) atoms. The summed E-state index contributed by atoms with van der Waals surface area (Å²) in [5.41, 5.74) is 3.41. The highest BCUT2D eigenvalue weighted by molar-refractivity contribution is 9.10. The van der Waals surface area contributed by atoms with Crippen molar-refractivity contribution in [1.29, 1.82) is 0 Å². The number of rotatable bonds is 4. The maximum absolute atomic E-state index is 5.38. The average molecular weight is 295 g/mol. The zero-order valence-electron chi connectivity index (χ0n) is 9.88. The second-order valence-electron chi connectivity index (χ2n) is 3.87. The Labute approximate surface area is 109 Å². The highest BCUT2D eigenvalue weighted by atomic mass is 79.9. The molecule has 2 rings (SSSR count). The lowest BCUT2D eigenvalue weighted by Crippen LogP contribution is -2.02. The summed E-state index contributed by atoms with van der Waals surface area (Å²) in [6.45, 7) is 2.84. The predicted molar refractivity (Wildman–Crippen MR) is 73.6 cm³/mol. The monoisotopic (exact) mass is 294 g/mol. The SMILES string of the molecule is COc1cc(Br)cc(C)c1NCc1cc[nH]c1. The predicted octanol–water partition coefficient (Wildman–Crippen LogP) is 3.71. The molecule has 0 spiro atoms. The van der Waals surface area contributed by atoms with Gasteiger partial charge in [0.2, 0.25) is 0 Å². The summed E-state index contributed by atoms with van der Waals surface area (Å²) >= 11 is 3.46. The zero-order chi connectivity index (χ0) is 12.3. The van der Waals surface area contributed by atoms with Crippen LogP contribution < -0.4 is 10.1 Å². The maximum Gasteiger partial charge on any atom is 0.143 e. The minimum Gasteiger partial charge on any atom is -0.495 e. The molecule has 0 amide bonds. The summed E-state index contributed by atoms with van der Waals surface area (Å²) in [5, 5.41) is 3.40. The van der Waals surface area contributed by atoms with Gasteiger partial charge in [0.05, 0.1) is 12.8 Å². The molecule has 0 aliphatic carbocycles. The fourth-order valence-electron chi connectivity index (χ4n) is 1.76. The summed E-state index contributed by atoms with van der Waals surface area (Å²) in [5.74, 6) is 0.854. The van der Waals surface area contributed by atoms with Crippen LogP contribution in [0.1, 0.15) is 11.1 Å². The number of ether oxygens (including phenoxy) is 1. The van der Waals surface area contributed by atoms with E-state index in [1.165, 1.54) is 5.56 Å². The Morgan fingerprint density at radius 2 is 2.24 bits per heavy atom. The first-order valence-electron chi connectivity index (χ1n) is 5.40. The van der Waals surface area contributed by atoms with E-state index < -0.39 is 0 Å². The Morgan fingerprint density at radius 1 is 1.41 bits per heavy atom. The first-order chi connectivity index (χ1) is 8.20. The van der Waals surface area contributed by atoms with Gasteiger partial charge in [-0.3, -0.25) is 0 Å². The van der Waals surface area contributed by atoms with Crippen LogP contribution in [0.15, 0.2) is 35.1 Å². The molecule has 0 unspecified atom stereocenters. The summed E-state index contributed by atoms with van der Waals surface area (Å²) in [4.78, 5) is 3.04. The molecule has 2 N–H and O–H groups in total. The van der Waals surface area contributed by atoms with Gasteiger partial charge in [0, 0.05) is 23.4 Å². The van der Waals surface area contributed by atoms with Crippen LogP contribution in [0.5, 0.6) is 5.75 Å². The van der Waals surface area contributed by atoms with Crippen LogP contribution in [0.25, 0.3) is 0 Å². The van der Waals surface area contributed by atoms with Gasteiger partial charge in [0.15, 0.2) is 0 Å². The van der Waals surface area contributed by atoms with E-state index in [9.17, 15) is 0 Å². The van der Waals surface area contributed by atoms with Crippen molar-refractivity contribution in [2.45, 2.75) is 13.5 Å². The van der Waals surface area contributed by atoms with Gasteiger partial charge >= 0.3 is 0 Å². The van der Waals surface area contributed by atoms with Crippen molar-refractivity contribution >= 4 is 21.6 Å². The number of aromatic amines is 1.